The number of aliphatic hydroxyl groups is 1. The van der Waals surface area contributed by atoms with E-state index in [1.54, 1.807) is 0 Å². The fourth-order valence-corrected chi connectivity index (χ4v) is 4.90. The Morgan fingerprint density at radius 3 is 1.90 bits per heavy atom. The van der Waals surface area contributed by atoms with Gasteiger partial charge in [0.25, 0.3) is 0 Å². The van der Waals surface area contributed by atoms with Gasteiger partial charge in [0, 0.05) is 19.0 Å². The molecule has 0 aromatic heterocycles. The lowest BCUT2D eigenvalue weighted by Crippen LogP contribution is -2.47. The first-order chi connectivity index (χ1) is 19.1. The summed E-state index contributed by atoms with van der Waals surface area (Å²) in [6.07, 6.45) is 14.2. The molecule has 11 heteroatoms. The van der Waals surface area contributed by atoms with E-state index in [2.05, 4.69) is 11.6 Å². The zero-order valence-corrected chi connectivity index (χ0v) is 23.6. The van der Waals surface area contributed by atoms with Gasteiger partial charge in [-0.2, -0.15) is 8.78 Å². The van der Waals surface area contributed by atoms with E-state index in [-0.39, 0.29) is 24.5 Å². The Morgan fingerprint density at radius 2 is 1.43 bits per heavy atom. The third-order valence-corrected chi connectivity index (χ3v) is 7.27. The molecule has 2 aliphatic rings. The van der Waals surface area contributed by atoms with E-state index in [9.17, 15) is 23.5 Å². The van der Waals surface area contributed by atoms with Crippen LogP contribution < -0.4 is 5.73 Å². The van der Waals surface area contributed by atoms with E-state index in [0.717, 1.165) is 43.4 Å². The molecule has 0 radical (unpaired) electrons. The molecule has 0 aromatic carbocycles. The summed E-state index contributed by atoms with van der Waals surface area (Å²) in [4.78, 5) is 27.4. The van der Waals surface area contributed by atoms with Gasteiger partial charge in [-0.25, -0.2) is 4.99 Å². The molecule has 2 heterocycles. The average molecular weight is 572 g/mol. The normalized spacial score (nSPS) is 22.0. The maximum absolute atomic E-state index is 14.6. The number of unbranched alkanes of at least 4 members (excludes halogenated alkanes) is 14. The third-order valence-electron chi connectivity index (χ3n) is 7.27. The first-order valence-electron chi connectivity index (χ1n) is 14.7. The first kappa shape index (κ1) is 33.7. The molecule has 0 aromatic rings. The van der Waals surface area contributed by atoms with Crippen LogP contribution in [-0.4, -0.2) is 63.9 Å². The molecular weight excluding hydrogens is 524 g/mol. The molecule has 1 saturated heterocycles. The summed E-state index contributed by atoms with van der Waals surface area (Å²) in [5, 5.41) is 18.7. The van der Waals surface area contributed by atoms with E-state index in [1.165, 1.54) is 63.6 Å². The van der Waals surface area contributed by atoms with Crippen molar-refractivity contribution in [1.29, 1.82) is 0 Å². The Morgan fingerprint density at radius 1 is 0.950 bits per heavy atom. The van der Waals surface area contributed by atoms with Crippen molar-refractivity contribution in [1.82, 2.24) is 4.90 Å². The van der Waals surface area contributed by atoms with Crippen LogP contribution >= 0.6 is 0 Å². The number of aliphatic carboxylic acids is 1. The molecule has 9 nitrogen and oxygen atoms in total. The number of carboxylic acid groups (broad SMARTS) is 1. The van der Waals surface area contributed by atoms with Crippen molar-refractivity contribution in [2.75, 3.05) is 6.61 Å². The number of carboxylic acids is 1. The molecule has 3 atom stereocenters. The fraction of sp³-hybridized carbons (Fsp3) is 0.759. The minimum absolute atomic E-state index is 0.0378. The van der Waals surface area contributed by atoms with Gasteiger partial charge in [0.1, 0.15) is 24.4 Å². The Hall–Kier alpha value is -2.53. The second-order valence-electron chi connectivity index (χ2n) is 10.7. The highest BCUT2D eigenvalue weighted by atomic mass is 19.3. The van der Waals surface area contributed by atoms with Crippen molar-refractivity contribution in [2.45, 2.75) is 134 Å². The number of rotatable bonds is 21. The minimum Gasteiger partial charge on any atom is -0.481 e. The second kappa shape index (κ2) is 18.0. The van der Waals surface area contributed by atoms with Crippen LogP contribution in [0, 0.1) is 0 Å². The van der Waals surface area contributed by atoms with Crippen molar-refractivity contribution < 1.29 is 38.1 Å². The monoisotopic (exact) mass is 571 g/mol. The Bertz CT molecular complexity index is 867. The molecule has 0 spiro atoms. The van der Waals surface area contributed by atoms with Crippen molar-refractivity contribution in [3.05, 3.63) is 24.7 Å². The first-order valence-corrected chi connectivity index (χ1v) is 14.7. The van der Waals surface area contributed by atoms with Crippen LogP contribution in [0.3, 0.4) is 0 Å². The zero-order valence-electron chi connectivity index (χ0n) is 23.6. The summed E-state index contributed by atoms with van der Waals surface area (Å²) in [6, 6.07) is 0. The van der Waals surface area contributed by atoms with Gasteiger partial charge in [-0.15, -0.1) is 0 Å². The summed E-state index contributed by atoms with van der Waals surface area (Å²) in [6.45, 7) is 3.13. The lowest BCUT2D eigenvalue weighted by molar-refractivity contribution is -0.153. The molecule has 2 rings (SSSR count). The quantitative estimate of drug-likeness (QED) is 0.119. The van der Waals surface area contributed by atoms with Crippen LogP contribution in [0.4, 0.5) is 8.78 Å². The number of esters is 1. The van der Waals surface area contributed by atoms with Gasteiger partial charge in [0.05, 0.1) is 0 Å². The molecule has 0 aliphatic carbocycles. The zero-order chi connectivity index (χ0) is 29.4. The number of aliphatic hydroxyl groups excluding tert-OH is 1. The molecule has 0 bridgehead atoms. The summed E-state index contributed by atoms with van der Waals surface area (Å²) in [5.74, 6) is -4.75. The van der Waals surface area contributed by atoms with E-state index < -0.39 is 42.9 Å². The van der Waals surface area contributed by atoms with Crippen LogP contribution in [0.1, 0.15) is 109 Å². The largest absolute Gasteiger partial charge is 0.481 e. The summed E-state index contributed by atoms with van der Waals surface area (Å²) in [5.41, 5.74) is 5.54. The predicted molar refractivity (Wildman–Crippen MR) is 148 cm³/mol. The molecule has 1 unspecified atom stereocenters. The number of nitrogens with zero attached hydrogens (tertiary/aromatic N) is 2. The van der Waals surface area contributed by atoms with Gasteiger partial charge < -0.3 is 30.3 Å². The standard InChI is InChI=1S/C29H47F2N3O6/c1-22-33-24(32)19-20-34(22)28-29(30,31)27(38)23(40-28)21-39-26(37)18-16-14-12-10-8-6-4-2-3-5-7-9-11-13-15-17-25(35)36/h19-20,23,27-28,38H,1-18,21H2,(H2,32,33)(H,35,36)/t23-,27?,28-/m1/s1. The smallest absolute Gasteiger partial charge is 0.320 e. The molecule has 0 saturated carbocycles. The highest BCUT2D eigenvalue weighted by Gasteiger charge is 2.61. The number of halogens is 2. The molecule has 40 heavy (non-hydrogen) atoms. The SMILES string of the molecule is C=C1N=C(N)C=CN1[C@@H]1O[C@H](COC(=O)CCCCCCCCCCCCCCCCCC(=O)O)C(O)C1(F)F. The van der Waals surface area contributed by atoms with Gasteiger partial charge >= 0.3 is 17.9 Å². The Kier molecular flexibility index (Phi) is 15.2. The van der Waals surface area contributed by atoms with E-state index >= 15 is 0 Å². The van der Waals surface area contributed by atoms with Crippen LogP contribution in [-0.2, 0) is 19.1 Å². The van der Waals surface area contributed by atoms with Crippen LogP contribution in [0.5, 0.6) is 0 Å². The second-order valence-corrected chi connectivity index (χ2v) is 10.7. The topological polar surface area (TPSA) is 135 Å². The van der Waals surface area contributed by atoms with Crippen molar-refractivity contribution in [2.24, 2.45) is 10.7 Å². The average Bonchev–Trinajstić information content (AvgIpc) is 3.12. The summed E-state index contributed by atoms with van der Waals surface area (Å²) in [7, 11) is 0. The number of hydrogen-bond acceptors (Lipinski definition) is 8. The fourth-order valence-electron chi connectivity index (χ4n) is 4.90. The van der Waals surface area contributed by atoms with Crippen molar-refractivity contribution in [3.63, 3.8) is 0 Å². The summed E-state index contributed by atoms with van der Waals surface area (Å²) >= 11 is 0. The van der Waals surface area contributed by atoms with Gasteiger partial charge in [-0.05, 0) is 18.9 Å². The predicted octanol–water partition coefficient (Wildman–Crippen LogP) is 5.62. The maximum Gasteiger partial charge on any atom is 0.320 e. The molecule has 1 fully saturated rings. The number of ether oxygens (including phenoxy) is 2. The maximum atomic E-state index is 14.6. The van der Waals surface area contributed by atoms with Crippen LogP contribution in [0.25, 0.3) is 0 Å². The van der Waals surface area contributed by atoms with Gasteiger partial charge in [-0.1, -0.05) is 90.0 Å². The van der Waals surface area contributed by atoms with Gasteiger partial charge in [0.2, 0.25) is 6.23 Å². The number of aliphatic imine (C=N–C) groups is 1. The molecule has 0 amide bonds. The Balaban J connectivity index is 1.44. The molecule has 2 aliphatic heterocycles. The van der Waals surface area contributed by atoms with Gasteiger partial charge in [-0.3, -0.25) is 9.59 Å². The number of hydrogen-bond donors (Lipinski definition) is 3. The van der Waals surface area contributed by atoms with Gasteiger partial charge in [0.15, 0.2) is 6.10 Å². The molecule has 228 valence electrons. The van der Waals surface area contributed by atoms with Crippen molar-refractivity contribution in [3.8, 4) is 0 Å². The third kappa shape index (κ3) is 11.9. The van der Waals surface area contributed by atoms with Crippen LogP contribution in [0.2, 0.25) is 0 Å². The lowest BCUT2D eigenvalue weighted by Gasteiger charge is -2.31. The van der Waals surface area contributed by atoms with E-state index in [4.69, 9.17) is 20.3 Å². The lowest BCUT2D eigenvalue weighted by atomic mass is 10.0. The number of amidine groups is 1. The Labute approximate surface area is 236 Å². The van der Waals surface area contributed by atoms with E-state index in [1.807, 2.05) is 0 Å². The molecular formula is C29H47F2N3O6. The number of alkyl halides is 2. The highest BCUT2D eigenvalue weighted by molar-refractivity contribution is 5.92. The molecule has 4 N–H and O–H groups in total. The van der Waals surface area contributed by atoms with Crippen molar-refractivity contribution >= 4 is 17.8 Å². The highest BCUT2D eigenvalue weighted by Crippen LogP contribution is 2.40. The minimum atomic E-state index is -3.63. The number of nitrogens with two attached hydrogens (primary N) is 1. The van der Waals surface area contributed by atoms with Crippen LogP contribution in [0.15, 0.2) is 29.7 Å². The number of carbonyl (C=O) groups excluding carboxylic acids is 1. The van der Waals surface area contributed by atoms with E-state index in [0.29, 0.717) is 6.42 Å². The number of carbonyl (C=O) groups is 2. The summed E-state index contributed by atoms with van der Waals surface area (Å²) < 4.78 is 39.7.